The number of anilines is 1. The summed E-state index contributed by atoms with van der Waals surface area (Å²) in [6, 6.07) is 0.192. The van der Waals surface area contributed by atoms with E-state index in [2.05, 4.69) is 20.5 Å². The van der Waals surface area contributed by atoms with Crippen LogP contribution >= 0.6 is 0 Å². The number of amides is 1. The fraction of sp³-hybridized carbons (Fsp3) is 0.625. The first-order chi connectivity index (χ1) is 7.29. The topological polar surface area (TPSA) is 89.1 Å². The molecule has 1 aromatic heterocycles. The summed E-state index contributed by atoms with van der Waals surface area (Å²) in [4.78, 5) is 15.4. The first kappa shape index (κ1) is 9.91. The van der Waals surface area contributed by atoms with Crippen molar-refractivity contribution >= 4 is 11.9 Å². The molecule has 0 aliphatic carbocycles. The van der Waals surface area contributed by atoms with Gasteiger partial charge >= 0.3 is 6.01 Å². The van der Waals surface area contributed by atoms with E-state index in [1.54, 1.807) is 0 Å². The van der Waals surface area contributed by atoms with Gasteiger partial charge in [-0.1, -0.05) is 0 Å². The predicted octanol–water partition coefficient (Wildman–Crippen LogP) is -0.0692. The standard InChI is InChI=1S/C8H12N4O3/c1-14-8-10-7(11-12-8)9-6(13)5-3-2-4-15-5/h5H,2-4H2,1H3,(H2,9,10,11,12,13)/t5-/m1/s1. The highest BCUT2D eigenvalue weighted by molar-refractivity contribution is 5.92. The molecule has 1 saturated heterocycles. The molecule has 15 heavy (non-hydrogen) atoms. The van der Waals surface area contributed by atoms with Gasteiger partial charge in [-0.05, 0) is 12.8 Å². The molecule has 0 saturated carbocycles. The SMILES string of the molecule is COc1n[nH]c(NC(=O)[C@H]2CCCO2)n1. The Balaban J connectivity index is 1.92. The van der Waals surface area contributed by atoms with Crippen molar-refractivity contribution in [2.75, 3.05) is 19.0 Å². The van der Waals surface area contributed by atoms with Crippen LogP contribution in [0.2, 0.25) is 0 Å². The highest BCUT2D eigenvalue weighted by atomic mass is 16.5. The summed E-state index contributed by atoms with van der Waals surface area (Å²) in [5, 5.41) is 8.80. The average molecular weight is 212 g/mol. The molecular weight excluding hydrogens is 200 g/mol. The van der Waals surface area contributed by atoms with Gasteiger partial charge in [0.2, 0.25) is 5.95 Å². The summed E-state index contributed by atoms with van der Waals surface area (Å²) in [5.41, 5.74) is 0. The van der Waals surface area contributed by atoms with E-state index >= 15 is 0 Å². The summed E-state index contributed by atoms with van der Waals surface area (Å²) < 4.78 is 9.98. The maximum atomic E-state index is 11.5. The number of nitrogens with zero attached hydrogens (tertiary/aromatic N) is 2. The number of H-pyrrole nitrogens is 1. The van der Waals surface area contributed by atoms with E-state index in [9.17, 15) is 4.79 Å². The lowest BCUT2D eigenvalue weighted by Crippen LogP contribution is -2.27. The van der Waals surface area contributed by atoms with E-state index in [1.165, 1.54) is 7.11 Å². The van der Waals surface area contributed by atoms with Crippen molar-refractivity contribution in [3.05, 3.63) is 0 Å². The van der Waals surface area contributed by atoms with Crippen molar-refractivity contribution in [3.8, 4) is 6.01 Å². The Morgan fingerprint density at radius 2 is 2.60 bits per heavy atom. The third-order valence-corrected chi connectivity index (χ3v) is 2.11. The Hall–Kier alpha value is -1.63. The number of hydrogen-bond donors (Lipinski definition) is 2. The van der Waals surface area contributed by atoms with Crippen LogP contribution in [0.3, 0.4) is 0 Å². The monoisotopic (exact) mass is 212 g/mol. The Morgan fingerprint density at radius 3 is 3.20 bits per heavy atom. The lowest BCUT2D eigenvalue weighted by Gasteiger charge is -2.07. The Kier molecular flexibility index (Phi) is 2.82. The molecule has 2 N–H and O–H groups in total. The number of methoxy groups -OCH3 is 1. The van der Waals surface area contributed by atoms with E-state index < -0.39 is 0 Å². The fourth-order valence-electron chi connectivity index (χ4n) is 1.38. The molecule has 0 radical (unpaired) electrons. The average Bonchev–Trinajstić information content (AvgIpc) is 2.87. The van der Waals surface area contributed by atoms with E-state index in [1.807, 2.05) is 0 Å². The number of nitrogens with one attached hydrogen (secondary N) is 2. The summed E-state index contributed by atoms with van der Waals surface area (Å²) in [5.74, 6) is 0.0682. The molecule has 0 unspecified atom stereocenters. The van der Waals surface area contributed by atoms with Crippen molar-refractivity contribution in [3.63, 3.8) is 0 Å². The minimum absolute atomic E-state index is 0.192. The summed E-state index contributed by atoms with van der Waals surface area (Å²) in [6.45, 7) is 0.637. The van der Waals surface area contributed by atoms with Crippen molar-refractivity contribution in [1.29, 1.82) is 0 Å². The van der Waals surface area contributed by atoms with Crippen LogP contribution < -0.4 is 10.1 Å². The molecule has 2 rings (SSSR count). The van der Waals surface area contributed by atoms with Crippen molar-refractivity contribution in [1.82, 2.24) is 15.2 Å². The van der Waals surface area contributed by atoms with Crippen LogP contribution in [-0.2, 0) is 9.53 Å². The zero-order chi connectivity index (χ0) is 10.7. The number of hydrogen-bond acceptors (Lipinski definition) is 5. The second-order valence-electron chi connectivity index (χ2n) is 3.16. The third-order valence-electron chi connectivity index (χ3n) is 2.11. The maximum Gasteiger partial charge on any atom is 0.336 e. The molecule has 0 bridgehead atoms. The number of rotatable bonds is 3. The normalized spacial score (nSPS) is 20.2. The summed E-state index contributed by atoms with van der Waals surface area (Å²) in [6.07, 6.45) is 1.29. The van der Waals surface area contributed by atoms with Gasteiger partial charge in [0.15, 0.2) is 0 Å². The number of carbonyl (C=O) groups is 1. The molecule has 2 heterocycles. The van der Waals surface area contributed by atoms with Crippen LogP contribution in [-0.4, -0.2) is 40.9 Å². The lowest BCUT2D eigenvalue weighted by atomic mass is 10.2. The molecular formula is C8H12N4O3. The second kappa shape index (κ2) is 4.26. The fourth-order valence-corrected chi connectivity index (χ4v) is 1.38. The Bertz CT molecular complexity index is 345. The molecule has 1 amide bonds. The zero-order valence-corrected chi connectivity index (χ0v) is 8.32. The summed E-state index contributed by atoms with van der Waals surface area (Å²) >= 11 is 0. The van der Waals surface area contributed by atoms with Gasteiger partial charge in [-0.25, -0.2) is 5.10 Å². The first-order valence-corrected chi connectivity index (χ1v) is 4.68. The molecule has 1 aliphatic heterocycles. The second-order valence-corrected chi connectivity index (χ2v) is 3.16. The molecule has 7 nitrogen and oxygen atoms in total. The van der Waals surface area contributed by atoms with Crippen LogP contribution in [0.5, 0.6) is 6.01 Å². The van der Waals surface area contributed by atoms with Gasteiger partial charge < -0.3 is 9.47 Å². The maximum absolute atomic E-state index is 11.5. The Morgan fingerprint density at radius 1 is 1.73 bits per heavy atom. The van der Waals surface area contributed by atoms with Crippen molar-refractivity contribution in [2.45, 2.75) is 18.9 Å². The molecule has 7 heteroatoms. The molecule has 1 aromatic rings. The van der Waals surface area contributed by atoms with Gasteiger partial charge in [0.05, 0.1) is 7.11 Å². The van der Waals surface area contributed by atoms with Crippen molar-refractivity contribution in [2.24, 2.45) is 0 Å². The van der Waals surface area contributed by atoms with E-state index in [0.717, 1.165) is 12.8 Å². The molecule has 1 fully saturated rings. The van der Waals surface area contributed by atoms with E-state index in [-0.39, 0.29) is 24.0 Å². The van der Waals surface area contributed by atoms with Gasteiger partial charge in [0.25, 0.3) is 5.91 Å². The van der Waals surface area contributed by atoms with Gasteiger partial charge in [-0.2, -0.15) is 4.98 Å². The van der Waals surface area contributed by atoms with E-state index in [4.69, 9.17) is 9.47 Å². The zero-order valence-electron chi connectivity index (χ0n) is 8.32. The Labute approximate surface area is 86.2 Å². The van der Waals surface area contributed by atoms with E-state index in [0.29, 0.717) is 6.61 Å². The highest BCUT2D eigenvalue weighted by Gasteiger charge is 2.24. The molecule has 0 spiro atoms. The van der Waals surface area contributed by atoms with Gasteiger partial charge in [-0.3, -0.25) is 10.1 Å². The minimum Gasteiger partial charge on any atom is -0.466 e. The molecule has 1 aliphatic rings. The number of aromatic nitrogens is 3. The summed E-state index contributed by atoms with van der Waals surface area (Å²) in [7, 11) is 1.45. The van der Waals surface area contributed by atoms with Crippen LogP contribution in [0, 0.1) is 0 Å². The quantitative estimate of drug-likeness (QED) is 0.732. The minimum atomic E-state index is -0.374. The number of ether oxygens (including phenoxy) is 2. The molecule has 0 aromatic carbocycles. The number of carbonyl (C=O) groups excluding carboxylic acids is 1. The first-order valence-electron chi connectivity index (χ1n) is 4.68. The number of aromatic amines is 1. The van der Waals surface area contributed by atoms with Crippen LogP contribution in [0.4, 0.5) is 5.95 Å². The van der Waals surface area contributed by atoms with Crippen LogP contribution in [0.25, 0.3) is 0 Å². The molecule has 1 atom stereocenters. The molecule has 82 valence electrons. The predicted molar refractivity (Wildman–Crippen MR) is 50.5 cm³/mol. The highest BCUT2D eigenvalue weighted by Crippen LogP contribution is 2.14. The third kappa shape index (κ3) is 2.24. The van der Waals surface area contributed by atoms with Gasteiger partial charge in [0.1, 0.15) is 6.10 Å². The van der Waals surface area contributed by atoms with Gasteiger partial charge in [-0.15, -0.1) is 5.10 Å². The smallest absolute Gasteiger partial charge is 0.336 e. The van der Waals surface area contributed by atoms with Crippen LogP contribution in [0.15, 0.2) is 0 Å². The lowest BCUT2D eigenvalue weighted by molar-refractivity contribution is -0.124. The largest absolute Gasteiger partial charge is 0.466 e. The van der Waals surface area contributed by atoms with Crippen molar-refractivity contribution < 1.29 is 14.3 Å². The van der Waals surface area contributed by atoms with Gasteiger partial charge in [0, 0.05) is 6.61 Å². The van der Waals surface area contributed by atoms with Crippen LogP contribution in [0.1, 0.15) is 12.8 Å².